The molecule has 0 radical (unpaired) electrons. The van der Waals surface area contributed by atoms with Crippen molar-refractivity contribution in [2.24, 2.45) is 0 Å². The number of imidazole rings is 1. The highest BCUT2D eigenvalue weighted by Gasteiger charge is 2.12. The van der Waals surface area contributed by atoms with E-state index in [1.165, 1.54) is 17.0 Å². The summed E-state index contributed by atoms with van der Waals surface area (Å²) in [5.74, 6) is 0.561. The Hall–Kier alpha value is -2.70. The molecule has 0 atom stereocenters. The molecule has 0 spiro atoms. The SMILES string of the molecule is Cc1c(F)ccc2[nH]c(-c3ccc4c(ccn4CCCN4CCNCC4)c3)nc12. The number of benzene rings is 2. The molecule has 2 aromatic carbocycles. The Kier molecular flexibility index (Phi) is 4.81. The highest BCUT2D eigenvalue weighted by atomic mass is 19.1. The second kappa shape index (κ2) is 7.61. The van der Waals surface area contributed by atoms with Crippen LogP contribution in [0.25, 0.3) is 33.3 Å². The van der Waals surface area contributed by atoms with Gasteiger partial charge in [0.05, 0.1) is 11.0 Å². The molecule has 29 heavy (non-hydrogen) atoms. The summed E-state index contributed by atoms with van der Waals surface area (Å²) < 4.78 is 16.2. The molecule has 1 aliphatic rings. The number of halogens is 1. The maximum Gasteiger partial charge on any atom is 0.138 e. The Morgan fingerprint density at radius 2 is 1.93 bits per heavy atom. The Morgan fingerprint density at radius 1 is 1.07 bits per heavy atom. The van der Waals surface area contributed by atoms with Crippen molar-refractivity contribution in [3.8, 4) is 11.4 Å². The molecule has 2 aromatic heterocycles. The van der Waals surface area contributed by atoms with E-state index in [4.69, 9.17) is 0 Å². The van der Waals surface area contributed by atoms with Crippen LogP contribution in [-0.4, -0.2) is 52.2 Å². The highest BCUT2D eigenvalue weighted by molar-refractivity contribution is 5.87. The van der Waals surface area contributed by atoms with Crippen molar-refractivity contribution in [3.63, 3.8) is 0 Å². The van der Waals surface area contributed by atoms with Crippen LogP contribution in [0, 0.1) is 12.7 Å². The van der Waals surface area contributed by atoms with E-state index in [0.717, 1.165) is 62.6 Å². The first kappa shape index (κ1) is 18.3. The molecule has 1 aliphatic heterocycles. The van der Waals surface area contributed by atoms with E-state index < -0.39 is 0 Å². The largest absolute Gasteiger partial charge is 0.347 e. The number of fused-ring (bicyclic) bond motifs is 2. The number of H-pyrrole nitrogens is 1. The van der Waals surface area contributed by atoms with Gasteiger partial charge in [-0.15, -0.1) is 0 Å². The smallest absolute Gasteiger partial charge is 0.138 e. The van der Waals surface area contributed by atoms with Gasteiger partial charge in [-0.05, 0) is 56.3 Å². The van der Waals surface area contributed by atoms with Gasteiger partial charge >= 0.3 is 0 Å². The molecule has 0 saturated carbocycles. The van der Waals surface area contributed by atoms with Crippen LogP contribution in [0.3, 0.4) is 0 Å². The van der Waals surface area contributed by atoms with Crippen LogP contribution in [-0.2, 0) is 6.54 Å². The zero-order valence-corrected chi connectivity index (χ0v) is 16.7. The summed E-state index contributed by atoms with van der Waals surface area (Å²) in [4.78, 5) is 10.5. The van der Waals surface area contributed by atoms with Crippen LogP contribution >= 0.6 is 0 Å². The van der Waals surface area contributed by atoms with Crippen molar-refractivity contribution in [1.82, 2.24) is 24.8 Å². The number of aromatic amines is 1. The van der Waals surface area contributed by atoms with Gasteiger partial charge < -0.3 is 19.8 Å². The minimum Gasteiger partial charge on any atom is -0.347 e. The third-order valence-corrected chi connectivity index (χ3v) is 5.97. The van der Waals surface area contributed by atoms with Crippen molar-refractivity contribution in [3.05, 3.63) is 54.0 Å². The molecular formula is C23H26FN5. The van der Waals surface area contributed by atoms with Gasteiger partial charge in [0, 0.05) is 61.0 Å². The van der Waals surface area contributed by atoms with Crippen molar-refractivity contribution in [2.45, 2.75) is 19.9 Å². The first-order valence-corrected chi connectivity index (χ1v) is 10.4. The average Bonchev–Trinajstić information content (AvgIpc) is 3.36. The zero-order chi connectivity index (χ0) is 19.8. The molecular weight excluding hydrogens is 365 g/mol. The summed E-state index contributed by atoms with van der Waals surface area (Å²) in [6.45, 7) is 8.44. The van der Waals surface area contributed by atoms with E-state index in [-0.39, 0.29) is 5.82 Å². The predicted molar refractivity (Wildman–Crippen MR) is 116 cm³/mol. The Labute approximate surface area is 169 Å². The van der Waals surface area contributed by atoms with Crippen molar-refractivity contribution in [1.29, 1.82) is 0 Å². The van der Waals surface area contributed by atoms with Gasteiger partial charge in [0.2, 0.25) is 0 Å². The predicted octanol–water partition coefficient (Wildman–Crippen LogP) is 3.93. The summed E-state index contributed by atoms with van der Waals surface area (Å²) in [5, 5.41) is 4.60. The van der Waals surface area contributed by atoms with E-state index in [0.29, 0.717) is 11.1 Å². The molecule has 0 amide bonds. The Balaban J connectivity index is 1.35. The second-order valence-corrected chi connectivity index (χ2v) is 7.88. The quantitative estimate of drug-likeness (QED) is 0.542. The number of aryl methyl sites for hydroxylation is 2. The normalized spacial score (nSPS) is 15.5. The standard InChI is InChI=1S/C23H26FN5/c1-16-19(24)4-5-20-22(16)27-23(26-20)18-3-6-21-17(15-18)7-12-29(21)11-2-10-28-13-8-25-9-14-28/h3-7,12,15,25H,2,8-11,13-14H2,1H3,(H,26,27). The van der Waals surface area contributed by atoms with Crippen LogP contribution in [0.15, 0.2) is 42.6 Å². The van der Waals surface area contributed by atoms with Gasteiger partial charge in [-0.3, -0.25) is 0 Å². The first-order chi connectivity index (χ1) is 14.2. The number of nitrogens with one attached hydrogen (secondary N) is 2. The summed E-state index contributed by atoms with van der Waals surface area (Å²) in [7, 11) is 0. The molecule has 4 aromatic rings. The fraction of sp³-hybridized carbons (Fsp3) is 0.348. The van der Waals surface area contributed by atoms with Gasteiger partial charge in [0.15, 0.2) is 0 Å². The van der Waals surface area contributed by atoms with Crippen LogP contribution in [0.1, 0.15) is 12.0 Å². The van der Waals surface area contributed by atoms with Gasteiger partial charge in [-0.25, -0.2) is 9.37 Å². The Morgan fingerprint density at radius 3 is 2.79 bits per heavy atom. The molecule has 150 valence electrons. The summed E-state index contributed by atoms with van der Waals surface area (Å²) in [6.07, 6.45) is 3.32. The van der Waals surface area contributed by atoms with E-state index in [1.807, 2.05) is 0 Å². The summed E-state index contributed by atoms with van der Waals surface area (Å²) >= 11 is 0. The Bertz CT molecular complexity index is 1150. The fourth-order valence-corrected chi connectivity index (χ4v) is 4.27. The molecule has 6 heteroatoms. The molecule has 0 unspecified atom stereocenters. The lowest BCUT2D eigenvalue weighted by molar-refractivity contribution is 0.235. The van der Waals surface area contributed by atoms with Crippen LogP contribution < -0.4 is 5.32 Å². The summed E-state index contributed by atoms with van der Waals surface area (Å²) in [5.41, 5.74) is 4.41. The van der Waals surface area contributed by atoms with Gasteiger partial charge in [0.25, 0.3) is 0 Å². The third kappa shape index (κ3) is 3.54. The number of aromatic nitrogens is 3. The molecule has 1 saturated heterocycles. The van der Waals surface area contributed by atoms with Crippen LogP contribution in [0.4, 0.5) is 4.39 Å². The minimum absolute atomic E-state index is 0.219. The molecule has 5 rings (SSSR count). The number of hydrogen-bond acceptors (Lipinski definition) is 3. The van der Waals surface area contributed by atoms with Crippen molar-refractivity contribution >= 4 is 21.9 Å². The maximum atomic E-state index is 13.8. The first-order valence-electron chi connectivity index (χ1n) is 10.4. The summed E-state index contributed by atoms with van der Waals surface area (Å²) in [6, 6.07) is 11.8. The van der Waals surface area contributed by atoms with Gasteiger partial charge in [0.1, 0.15) is 11.6 Å². The number of hydrogen-bond donors (Lipinski definition) is 2. The number of nitrogens with zero attached hydrogens (tertiary/aromatic N) is 3. The lowest BCUT2D eigenvalue weighted by Gasteiger charge is -2.27. The molecule has 1 fully saturated rings. The highest BCUT2D eigenvalue weighted by Crippen LogP contribution is 2.27. The lowest BCUT2D eigenvalue weighted by atomic mass is 10.1. The second-order valence-electron chi connectivity index (χ2n) is 7.88. The molecule has 0 bridgehead atoms. The molecule has 0 aliphatic carbocycles. The van der Waals surface area contributed by atoms with E-state index in [2.05, 4.69) is 55.2 Å². The fourth-order valence-electron chi connectivity index (χ4n) is 4.27. The number of piperazine rings is 1. The van der Waals surface area contributed by atoms with E-state index >= 15 is 0 Å². The average molecular weight is 391 g/mol. The molecule has 5 nitrogen and oxygen atoms in total. The lowest BCUT2D eigenvalue weighted by Crippen LogP contribution is -2.43. The van der Waals surface area contributed by atoms with Gasteiger partial charge in [-0.1, -0.05) is 0 Å². The van der Waals surface area contributed by atoms with Crippen molar-refractivity contribution in [2.75, 3.05) is 32.7 Å². The van der Waals surface area contributed by atoms with E-state index in [1.54, 1.807) is 13.0 Å². The number of rotatable bonds is 5. The maximum absolute atomic E-state index is 13.8. The zero-order valence-electron chi connectivity index (χ0n) is 16.7. The molecule has 2 N–H and O–H groups in total. The van der Waals surface area contributed by atoms with Gasteiger partial charge in [-0.2, -0.15) is 0 Å². The van der Waals surface area contributed by atoms with Crippen molar-refractivity contribution < 1.29 is 4.39 Å². The third-order valence-electron chi connectivity index (χ3n) is 5.97. The van der Waals surface area contributed by atoms with Crippen LogP contribution in [0.2, 0.25) is 0 Å². The minimum atomic E-state index is -0.219. The monoisotopic (exact) mass is 391 g/mol. The molecule has 3 heterocycles. The van der Waals surface area contributed by atoms with E-state index in [9.17, 15) is 4.39 Å². The van der Waals surface area contributed by atoms with Crippen LogP contribution in [0.5, 0.6) is 0 Å². The topological polar surface area (TPSA) is 48.9 Å².